The van der Waals surface area contributed by atoms with Gasteiger partial charge >= 0.3 is 0 Å². The van der Waals surface area contributed by atoms with Crippen LogP contribution in [-0.4, -0.2) is 54.3 Å². The Balaban J connectivity index is 1.46. The van der Waals surface area contributed by atoms with E-state index < -0.39 is 0 Å². The Morgan fingerprint density at radius 2 is 1.84 bits per heavy atom. The van der Waals surface area contributed by atoms with Gasteiger partial charge in [0, 0.05) is 18.8 Å². The van der Waals surface area contributed by atoms with Gasteiger partial charge < -0.3 is 19.1 Å². The SMILES string of the molecule is CCc1cccc(-n2c(SCc3cc(Cl)c4c(c3)OCCO4)nnc2N2CCOCC2)c1. The predicted molar refractivity (Wildman–Crippen MR) is 126 cm³/mol. The van der Waals surface area contributed by atoms with Gasteiger partial charge in [-0.1, -0.05) is 42.4 Å². The molecule has 168 valence electrons. The van der Waals surface area contributed by atoms with Crippen molar-refractivity contribution in [3.63, 3.8) is 0 Å². The quantitative estimate of drug-likeness (QED) is 0.493. The highest BCUT2D eigenvalue weighted by Crippen LogP contribution is 2.40. The molecule has 32 heavy (non-hydrogen) atoms. The van der Waals surface area contributed by atoms with Crippen LogP contribution in [0, 0.1) is 0 Å². The molecule has 2 aromatic carbocycles. The molecule has 2 aliphatic rings. The van der Waals surface area contributed by atoms with Crippen LogP contribution in [0.1, 0.15) is 18.1 Å². The van der Waals surface area contributed by atoms with E-state index >= 15 is 0 Å². The Morgan fingerprint density at radius 3 is 2.69 bits per heavy atom. The summed E-state index contributed by atoms with van der Waals surface area (Å²) in [5.74, 6) is 2.86. The maximum absolute atomic E-state index is 6.43. The standard InChI is InChI=1S/C23H25ClN4O3S/c1-2-16-4-3-5-18(12-16)28-22(27-6-8-29-9-7-27)25-26-23(28)32-15-17-13-19(24)21-20(14-17)30-10-11-31-21/h3-5,12-14H,2,6-11,15H2,1H3. The van der Waals surface area contributed by atoms with Crippen molar-refractivity contribution in [2.45, 2.75) is 24.3 Å². The lowest BCUT2D eigenvalue weighted by atomic mass is 10.1. The van der Waals surface area contributed by atoms with Crippen LogP contribution in [0.25, 0.3) is 5.69 Å². The maximum Gasteiger partial charge on any atom is 0.232 e. The summed E-state index contributed by atoms with van der Waals surface area (Å²) in [4.78, 5) is 2.24. The van der Waals surface area contributed by atoms with Crippen LogP contribution in [0.15, 0.2) is 41.6 Å². The number of hydrogen-bond donors (Lipinski definition) is 0. The van der Waals surface area contributed by atoms with Crippen LogP contribution >= 0.6 is 23.4 Å². The van der Waals surface area contributed by atoms with Crippen LogP contribution < -0.4 is 14.4 Å². The number of halogens is 1. The highest BCUT2D eigenvalue weighted by molar-refractivity contribution is 7.98. The molecule has 1 saturated heterocycles. The van der Waals surface area contributed by atoms with Gasteiger partial charge in [0.25, 0.3) is 0 Å². The van der Waals surface area contributed by atoms with Crippen molar-refractivity contribution >= 4 is 29.3 Å². The number of fused-ring (bicyclic) bond motifs is 1. The fourth-order valence-corrected chi connectivity index (χ4v) is 5.03. The molecule has 1 aromatic heterocycles. The number of aromatic nitrogens is 3. The minimum absolute atomic E-state index is 0.519. The molecular weight excluding hydrogens is 448 g/mol. The van der Waals surface area contributed by atoms with Gasteiger partial charge in [0.15, 0.2) is 16.7 Å². The van der Waals surface area contributed by atoms with Gasteiger partial charge in [0.1, 0.15) is 13.2 Å². The van der Waals surface area contributed by atoms with Gasteiger partial charge in [-0.25, -0.2) is 0 Å². The lowest BCUT2D eigenvalue weighted by Crippen LogP contribution is -2.37. The lowest BCUT2D eigenvalue weighted by Gasteiger charge is -2.28. The van der Waals surface area contributed by atoms with E-state index in [9.17, 15) is 0 Å². The van der Waals surface area contributed by atoms with Crippen LogP contribution in [0.2, 0.25) is 5.02 Å². The Hall–Kier alpha value is -2.42. The smallest absolute Gasteiger partial charge is 0.232 e. The van der Waals surface area contributed by atoms with Crippen molar-refractivity contribution in [2.24, 2.45) is 0 Å². The summed E-state index contributed by atoms with van der Waals surface area (Å²) in [5, 5.41) is 10.5. The van der Waals surface area contributed by atoms with Crippen molar-refractivity contribution in [1.82, 2.24) is 14.8 Å². The largest absolute Gasteiger partial charge is 0.486 e. The van der Waals surface area contributed by atoms with E-state index in [1.165, 1.54) is 5.56 Å². The third-order valence-corrected chi connectivity index (χ3v) is 6.79. The average molecular weight is 473 g/mol. The van der Waals surface area contributed by atoms with Crippen LogP contribution in [-0.2, 0) is 16.9 Å². The molecule has 0 aliphatic carbocycles. The Kier molecular flexibility index (Phi) is 6.43. The minimum atomic E-state index is 0.519. The van der Waals surface area contributed by atoms with Crippen LogP contribution in [0.5, 0.6) is 11.5 Å². The zero-order chi connectivity index (χ0) is 21.9. The summed E-state index contributed by atoms with van der Waals surface area (Å²) >= 11 is 8.06. The first-order valence-corrected chi connectivity index (χ1v) is 12.2. The first-order chi connectivity index (χ1) is 15.7. The molecule has 7 nitrogen and oxygen atoms in total. The maximum atomic E-state index is 6.43. The number of aryl methyl sites for hydroxylation is 1. The number of morpholine rings is 1. The van der Waals surface area contributed by atoms with Crippen molar-refractivity contribution in [3.05, 3.63) is 52.5 Å². The highest BCUT2D eigenvalue weighted by atomic mass is 35.5. The van der Waals surface area contributed by atoms with Crippen LogP contribution in [0.4, 0.5) is 5.95 Å². The fraction of sp³-hybridized carbons (Fsp3) is 0.391. The molecule has 9 heteroatoms. The van der Waals surface area contributed by atoms with E-state index in [4.69, 9.17) is 25.8 Å². The van der Waals surface area contributed by atoms with E-state index in [0.717, 1.165) is 41.9 Å². The first-order valence-electron chi connectivity index (χ1n) is 10.8. The van der Waals surface area contributed by atoms with E-state index in [2.05, 4.69) is 50.9 Å². The zero-order valence-electron chi connectivity index (χ0n) is 17.9. The number of benzene rings is 2. The molecular formula is C23H25ClN4O3S. The number of hydrogen-bond acceptors (Lipinski definition) is 7. The van der Waals surface area contributed by atoms with Crippen molar-refractivity contribution in [3.8, 4) is 17.2 Å². The van der Waals surface area contributed by atoms with E-state index in [-0.39, 0.29) is 0 Å². The second kappa shape index (κ2) is 9.60. The molecule has 0 N–H and O–H groups in total. The van der Waals surface area contributed by atoms with E-state index in [1.807, 2.05) is 12.1 Å². The molecule has 0 amide bonds. The second-order valence-corrected chi connectivity index (χ2v) is 8.98. The van der Waals surface area contributed by atoms with E-state index in [1.54, 1.807) is 11.8 Å². The summed E-state index contributed by atoms with van der Waals surface area (Å²) in [6.07, 6.45) is 0.973. The lowest BCUT2D eigenvalue weighted by molar-refractivity contribution is 0.122. The normalized spacial score (nSPS) is 15.8. The monoisotopic (exact) mass is 472 g/mol. The van der Waals surface area contributed by atoms with Gasteiger partial charge in [0.2, 0.25) is 5.95 Å². The topological polar surface area (TPSA) is 61.6 Å². The molecule has 0 spiro atoms. The Bertz CT molecular complexity index is 1100. The Labute approximate surface area is 196 Å². The molecule has 3 aromatic rings. The molecule has 1 fully saturated rings. The van der Waals surface area contributed by atoms with Gasteiger partial charge in [-0.15, -0.1) is 10.2 Å². The number of thioether (sulfide) groups is 1. The first kappa shape index (κ1) is 21.4. The zero-order valence-corrected chi connectivity index (χ0v) is 19.5. The molecule has 0 saturated carbocycles. The second-order valence-electron chi connectivity index (χ2n) is 7.63. The summed E-state index contributed by atoms with van der Waals surface area (Å²) < 4.78 is 19.0. The molecule has 0 atom stereocenters. The average Bonchev–Trinajstić information content (AvgIpc) is 3.27. The van der Waals surface area contributed by atoms with Crippen molar-refractivity contribution in [2.75, 3.05) is 44.4 Å². The van der Waals surface area contributed by atoms with E-state index in [0.29, 0.717) is 48.7 Å². The van der Waals surface area contributed by atoms with Crippen LogP contribution in [0.3, 0.4) is 0 Å². The van der Waals surface area contributed by atoms with Crippen molar-refractivity contribution < 1.29 is 14.2 Å². The third kappa shape index (κ3) is 4.40. The number of ether oxygens (including phenoxy) is 3. The highest BCUT2D eigenvalue weighted by Gasteiger charge is 2.23. The summed E-state index contributed by atoms with van der Waals surface area (Å²) in [7, 11) is 0. The molecule has 5 rings (SSSR count). The third-order valence-electron chi connectivity index (χ3n) is 5.51. The van der Waals surface area contributed by atoms with Gasteiger partial charge in [0.05, 0.1) is 23.9 Å². The molecule has 0 bridgehead atoms. The molecule has 2 aliphatic heterocycles. The predicted octanol–water partition coefficient (Wildman–Crippen LogP) is 4.38. The van der Waals surface area contributed by atoms with Gasteiger partial charge in [-0.2, -0.15) is 0 Å². The molecule has 0 radical (unpaired) electrons. The molecule has 0 unspecified atom stereocenters. The number of anilines is 1. The number of rotatable bonds is 6. The summed E-state index contributed by atoms with van der Waals surface area (Å²) in [5.41, 5.74) is 3.39. The minimum Gasteiger partial charge on any atom is -0.486 e. The fourth-order valence-electron chi connectivity index (χ4n) is 3.86. The summed E-state index contributed by atoms with van der Waals surface area (Å²) in [6, 6.07) is 12.5. The van der Waals surface area contributed by atoms with Gasteiger partial charge in [-0.3, -0.25) is 4.57 Å². The summed E-state index contributed by atoms with van der Waals surface area (Å²) in [6.45, 7) is 6.20. The number of nitrogens with zero attached hydrogens (tertiary/aromatic N) is 4. The van der Waals surface area contributed by atoms with Gasteiger partial charge in [-0.05, 0) is 41.8 Å². The molecule has 3 heterocycles. The Morgan fingerprint density at radius 1 is 1.00 bits per heavy atom. The van der Waals surface area contributed by atoms with Crippen molar-refractivity contribution in [1.29, 1.82) is 0 Å².